The highest BCUT2D eigenvalue weighted by molar-refractivity contribution is 7.15. The molecule has 0 atom stereocenters. The quantitative estimate of drug-likeness (QED) is 0.393. The van der Waals surface area contributed by atoms with E-state index in [2.05, 4.69) is 20.5 Å². The molecule has 2 heterocycles. The summed E-state index contributed by atoms with van der Waals surface area (Å²) < 4.78 is 13.1. The third-order valence-corrected chi connectivity index (χ3v) is 4.77. The van der Waals surface area contributed by atoms with Gasteiger partial charge in [-0.15, -0.1) is 11.3 Å². The predicted molar refractivity (Wildman–Crippen MR) is 102 cm³/mol. The van der Waals surface area contributed by atoms with Gasteiger partial charge in [0.2, 0.25) is 5.13 Å². The second kappa shape index (κ2) is 6.49. The van der Waals surface area contributed by atoms with E-state index in [9.17, 15) is 4.39 Å². The number of aromatic nitrogens is 2. The van der Waals surface area contributed by atoms with E-state index in [0.717, 1.165) is 32.6 Å². The minimum atomic E-state index is -0.252. The number of nitrogens with zero attached hydrogens (tertiary/aromatic N) is 2. The van der Waals surface area contributed by atoms with Crippen LogP contribution >= 0.6 is 11.3 Å². The summed E-state index contributed by atoms with van der Waals surface area (Å²) in [7, 11) is 0. The monoisotopic (exact) mass is 350 g/mol. The molecule has 0 aliphatic heterocycles. The molecule has 0 amide bonds. The van der Waals surface area contributed by atoms with Gasteiger partial charge in [-0.05, 0) is 37.3 Å². The smallest absolute Gasteiger partial charge is 0.204 e. The topological polar surface area (TPSA) is 53.1 Å². The highest BCUT2D eigenvalue weighted by Gasteiger charge is 2.09. The maximum atomic E-state index is 13.1. The summed E-state index contributed by atoms with van der Waals surface area (Å²) in [6.07, 6.45) is 3.69. The van der Waals surface area contributed by atoms with Crippen LogP contribution in [0.3, 0.4) is 0 Å². The van der Waals surface area contributed by atoms with Gasteiger partial charge in [0.25, 0.3) is 0 Å². The van der Waals surface area contributed by atoms with Gasteiger partial charge in [-0.25, -0.2) is 9.37 Å². The zero-order valence-electron chi connectivity index (χ0n) is 13.5. The Kier molecular flexibility index (Phi) is 4.03. The molecule has 0 fully saturated rings. The van der Waals surface area contributed by atoms with Crippen LogP contribution in [0, 0.1) is 12.7 Å². The number of hydrogen-bond acceptors (Lipinski definition) is 4. The number of anilines is 1. The first kappa shape index (κ1) is 15.5. The second-order valence-electron chi connectivity index (χ2n) is 5.59. The van der Waals surface area contributed by atoms with Crippen LogP contribution in [0.4, 0.5) is 9.52 Å². The molecule has 0 saturated carbocycles. The number of aromatic amines is 1. The Labute approximate surface area is 148 Å². The number of halogens is 1. The Balaban J connectivity index is 1.53. The standard InChI is InChI=1S/C19H15FN4S/c1-12-18(13-6-8-15(20)9-7-13)23-19(25-12)24-22-11-14-10-21-17-5-3-2-4-16(14)17/h2-11,21H,1H3,(H,23,24)/b22-11+. The summed E-state index contributed by atoms with van der Waals surface area (Å²) in [6, 6.07) is 14.4. The van der Waals surface area contributed by atoms with Gasteiger partial charge >= 0.3 is 0 Å². The van der Waals surface area contributed by atoms with Gasteiger partial charge in [0.05, 0.1) is 11.9 Å². The molecule has 4 nitrogen and oxygen atoms in total. The molecule has 2 N–H and O–H groups in total. The molecular formula is C19H15FN4S. The molecule has 124 valence electrons. The van der Waals surface area contributed by atoms with Crippen molar-refractivity contribution >= 4 is 33.6 Å². The molecule has 0 aliphatic rings. The zero-order valence-corrected chi connectivity index (χ0v) is 14.3. The van der Waals surface area contributed by atoms with Crippen LogP contribution in [-0.2, 0) is 0 Å². The third kappa shape index (κ3) is 3.16. The number of para-hydroxylation sites is 1. The van der Waals surface area contributed by atoms with Crippen molar-refractivity contribution in [3.8, 4) is 11.3 Å². The summed E-state index contributed by atoms with van der Waals surface area (Å²) in [5, 5.41) is 6.11. The molecule has 2 aromatic carbocycles. The van der Waals surface area contributed by atoms with Gasteiger partial charge in [-0.2, -0.15) is 5.10 Å². The first-order valence-electron chi connectivity index (χ1n) is 7.79. The Morgan fingerprint density at radius 2 is 1.96 bits per heavy atom. The Hall–Kier alpha value is -2.99. The predicted octanol–water partition coefficient (Wildman–Crippen LogP) is 5.18. The van der Waals surface area contributed by atoms with Crippen LogP contribution in [0.25, 0.3) is 22.2 Å². The van der Waals surface area contributed by atoms with Crippen LogP contribution in [0.15, 0.2) is 59.8 Å². The first-order chi connectivity index (χ1) is 12.2. The van der Waals surface area contributed by atoms with Gasteiger partial charge < -0.3 is 4.98 Å². The van der Waals surface area contributed by atoms with Crippen molar-refractivity contribution < 1.29 is 4.39 Å². The molecule has 0 saturated heterocycles. The number of rotatable bonds is 4. The number of fused-ring (bicyclic) bond motifs is 1. The number of thiazole rings is 1. The van der Waals surface area contributed by atoms with Gasteiger partial charge in [0.1, 0.15) is 5.82 Å². The largest absolute Gasteiger partial charge is 0.361 e. The summed E-state index contributed by atoms with van der Waals surface area (Å²) >= 11 is 1.52. The molecule has 0 aliphatic carbocycles. The highest BCUT2D eigenvalue weighted by Crippen LogP contribution is 2.30. The van der Waals surface area contributed by atoms with Crippen LogP contribution in [0.2, 0.25) is 0 Å². The van der Waals surface area contributed by atoms with Crippen molar-refractivity contribution in [1.82, 2.24) is 9.97 Å². The molecule has 0 spiro atoms. The van der Waals surface area contributed by atoms with Crippen molar-refractivity contribution in [2.24, 2.45) is 5.10 Å². The number of hydrazone groups is 1. The van der Waals surface area contributed by atoms with Crippen LogP contribution < -0.4 is 5.43 Å². The van der Waals surface area contributed by atoms with Gasteiger partial charge in [-0.1, -0.05) is 18.2 Å². The van der Waals surface area contributed by atoms with Crippen molar-refractivity contribution in [3.63, 3.8) is 0 Å². The molecule has 0 radical (unpaired) electrons. The van der Waals surface area contributed by atoms with E-state index in [1.54, 1.807) is 18.3 Å². The lowest BCUT2D eigenvalue weighted by molar-refractivity contribution is 0.628. The van der Waals surface area contributed by atoms with Crippen molar-refractivity contribution in [2.75, 3.05) is 5.43 Å². The van der Waals surface area contributed by atoms with Gasteiger partial charge in [0, 0.05) is 33.1 Å². The summed E-state index contributed by atoms with van der Waals surface area (Å²) in [5.41, 5.74) is 6.80. The van der Waals surface area contributed by atoms with E-state index >= 15 is 0 Å². The van der Waals surface area contributed by atoms with Crippen LogP contribution in [-0.4, -0.2) is 16.2 Å². The zero-order chi connectivity index (χ0) is 17.2. The fourth-order valence-electron chi connectivity index (χ4n) is 2.68. The van der Waals surface area contributed by atoms with Gasteiger partial charge in [0.15, 0.2) is 0 Å². The van der Waals surface area contributed by atoms with Gasteiger partial charge in [-0.3, -0.25) is 5.43 Å². The Bertz CT molecular complexity index is 1050. The van der Waals surface area contributed by atoms with E-state index in [1.807, 2.05) is 37.4 Å². The fraction of sp³-hybridized carbons (Fsp3) is 0.0526. The lowest BCUT2D eigenvalue weighted by Gasteiger charge is -1.97. The molecule has 0 unspecified atom stereocenters. The van der Waals surface area contributed by atoms with Crippen molar-refractivity contribution in [1.29, 1.82) is 0 Å². The molecule has 4 aromatic rings. The average Bonchev–Trinajstić information content (AvgIpc) is 3.20. The second-order valence-corrected chi connectivity index (χ2v) is 6.79. The number of benzene rings is 2. The van der Waals surface area contributed by atoms with Crippen molar-refractivity contribution in [2.45, 2.75) is 6.92 Å². The van der Waals surface area contributed by atoms with E-state index in [4.69, 9.17) is 0 Å². The highest BCUT2D eigenvalue weighted by atomic mass is 32.1. The average molecular weight is 350 g/mol. The van der Waals surface area contributed by atoms with E-state index in [1.165, 1.54) is 23.5 Å². The lowest BCUT2D eigenvalue weighted by Crippen LogP contribution is -1.89. The van der Waals surface area contributed by atoms with E-state index in [0.29, 0.717) is 5.13 Å². The number of aryl methyl sites for hydroxylation is 1. The Morgan fingerprint density at radius 1 is 1.16 bits per heavy atom. The number of H-pyrrole nitrogens is 1. The molecule has 0 bridgehead atoms. The van der Waals surface area contributed by atoms with E-state index < -0.39 is 0 Å². The normalized spacial score (nSPS) is 11.4. The fourth-order valence-corrected chi connectivity index (χ4v) is 3.46. The van der Waals surface area contributed by atoms with Crippen molar-refractivity contribution in [3.05, 3.63) is 71.0 Å². The number of nitrogens with one attached hydrogen (secondary N) is 2. The summed E-state index contributed by atoms with van der Waals surface area (Å²) in [4.78, 5) is 8.82. The molecular weight excluding hydrogens is 335 g/mol. The molecule has 4 rings (SSSR count). The number of hydrogen-bond donors (Lipinski definition) is 2. The summed E-state index contributed by atoms with van der Waals surface area (Å²) in [6.45, 7) is 1.99. The summed E-state index contributed by atoms with van der Waals surface area (Å²) in [5.74, 6) is -0.252. The van der Waals surface area contributed by atoms with Crippen LogP contribution in [0.5, 0.6) is 0 Å². The minimum absolute atomic E-state index is 0.252. The molecule has 25 heavy (non-hydrogen) atoms. The first-order valence-corrected chi connectivity index (χ1v) is 8.61. The van der Waals surface area contributed by atoms with Crippen LogP contribution in [0.1, 0.15) is 10.4 Å². The lowest BCUT2D eigenvalue weighted by atomic mass is 10.1. The minimum Gasteiger partial charge on any atom is -0.361 e. The SMILES string of the molecule is Cc1sc(N/N=C/c2c[nH]c3ccccc23)nc1-c1ccc(F)cc1. The third-order valence-electron chi connectivity index (χ3n) is 3.90. The maximum Gasteiger partial charge on any atom is 0.204 e. The molecule has 6 heteroatoms. The maximum absolute atomic E-state index is 13.1. The van der Waals surface area contributed by atoms with E-state index in [-0.39, 0.29) is 5.82 Å². The molecule has 2 aromatic heterocycles. The Morgan fingerprint density at radius 3 is 2.80 bits per heavy atom.